The van der Waals surface area contributed by atoms with E-state index in [1.54, 1.807) is 0 Å². The van der Waals surface area contributed by atoms with Gasteiger partial charge in [0.25, 0.3) is 5.56 Å². The lowest BCUT2D eigenvalue weighted by molar-refractivity contribution is -0.118. The van der Waals surface area contributed by atoms with Crippen molar-refractivity contribution >= 4 is 17.4 Å². The number of hydrogen-bond donors (Lipinski definition) is 3. The van der Waals surface area contributed by atoms with Gasteiger partial charge in [0.2, 0.25) is 5.91 Å². The maximum atomic E-state index is 13.1. The van der Waals surface area contributed by atoms with E-state index in [0.29, 0.717) is 25.9 Å². The van der Waals surface area contributed by atoms with Gasteiger partial charge < -0.3 is 10.6 Å². The van der Waals surface area contributed by atoms with Gasteiger partial charge in [-0.3, -0.25) is 24.2 Å². The number of anilines is 2. The number of nitrogen functional groups attached to an aromatic ring is 1. The van der Waals surface area contributed by atoms with Gasteiger partial charge in [-0.05, 0) is 26.7 Å². The summed E-state index contributed by atoms with van der Waals surface area (Å²) >= 11 is 0. The summed E-state index contributed by atoms with van der Waals surface area (Å²) in [5, 5.41) is 6.98. The first kappa shape index (κ1) is 20.5. The Kier molecular flexibility index (Phi) is 6.59. The van der Waals surface area contributed by atoms with Crippen molar-refractivity contribution < 1.29 is 4.79 Å². The lowest BCUT2D eigenvalue weighted by atomic mass is 10.1. The number of nitrogens with zero attached hydrogens (tertiary/aromatic N) is 3. The van der Waals surface area contributed by atoms with E-state index in [1.165, 1.54) is 9.47 Å². The van der Waals surface area contributed by atoms with Crippen LogP contribution in [0.3, 0.4) is 0 Å². The number of hydrogen-bond acceptors (Lipinski definition) is 5. The number of carbonyl (C=O) groups excluding carboxylic acids is 1. The third-order valence-electron chi connectivity index (χ3n) is 4.58. The molecule has 0 bridgehead atoms. The highest BCUT2D eigenvalue weighted by Gasteiger charge is 2.25. The Balaban J connectivity index is 2.50. The van der Waals surface area contributed by atoms with Crippen molar-refractivity contribution in [2.75, 3.05) is 17.2 Å². The molecule has 2 heterocycles. The number of nitrogens with one attached hydrogen (secondary N) is 2. The molecular weight excluding hydrogens is 348 g/mol. The molecule has 2 rings (SSSR count). The summed E-state index contributed by atoms with van der Waals surface area (Å²) in [6.07, 6.45) is 2.33. The number of H-pyrrole nitrogens is 2. The van der Waals surface area contributed by atoms with E-state index in [0.717, 1.165) is 23.4 Å². The van der Waals surface area contributed by atoms with Crippen molar-refractivity contribution in [3.63, 3.8) is 0 Å². The quantitative estimate of drug-likeness (QED) is 0.638. The molecular formula is C18H28N6O3. The van der Waals surface area contributed by atoms with Crippen LogP contribution in [0.2, 0.25) is 0 Å². The van der Waals surface area contributed by atoms with Crippen LogP contribution in [0.1, 0.15) is 50.1 Å². The van der Waals surface area contributed by atoms with Crippen LogP contribution >= 0.6 is 0 Å². The lowest BCUT2D eigenvalue weighted by Crippen LogP contribution is -2.42. The molecule has 9 nitrogen and oxygen atoms in total. The molecule has 0 saturated heterocycles. The van der Waals surface area contributed by atoms with Crippen LogP contribution < -0.4 is 21.9 Å². The van der Waals surface area contributed by atoms with Crippen molar-refractivity contribution in [2.45, 2.75) is 59.9 Å². The summed E-state index contributed by atoms with van der Waals surface area (Å²) in [4.78, 5) is 41.3. The molecule has 0 radical (unpaired) electrons. The van der Waals surface area contributed by atoms with Gasteiger partial charge in [-0.15, -0.1) is 0 Å². The fraction of sp³-hybridized carbons (Fsp3) is 0.556. The van der Waals surface area contributed by atoms with E-state index in [-0.39, 0.29) is 23.8 Å². The number of nitrogens with two attached hydrogens (primary N) is 1. The summed E-state index contributed by atoms with van der Waals surface area (Å²) in [6, 6.07) is 0. The van der Waals surface area contributed by atoms with Crippen LogP contribution in [-0.2, 0) is 17.8 Å². The Morgan fingerprint density at radius 3 is 2.48 bits per heavy atom. The number of aromatic amines is 2. The molecule has 0 aliphatic heterocycles. The molecule has 0 aromatic carbocycles. The number of rotatable bonds is 8. The number of unbranched alkanes of at least 4 members (excludes halogenated alkanes) is 1. The minimum Gasteiger partial charge on any atom is -0.383 e. The summed E-state index contributed by atoms with van der Waals surface area (Å²) in [5.74, 6) is -0.231. The second-order valence-corrected chi connectivity index (χ2v) is 6.63. The second kappa shape index (κ2) is 8.70. The normalized spacial score (nSPS) is 11.0. The first-order chi connectivity index (χ1) is 12.8. The summed E-state index contributed by atoms with van der Waals surface area (Å²) in [7, 11) is 0. The van der Waals surface area contributed by atoms with Crippen LogP contribution in [0.15, 0.2) is 9.59 Å². The fourth-order valence-corrected chi connectivity index (χ4v) is 3.04. The molecule has 27 heavy (non-hydrogen) atoms. The standard InChI is InChI=1S/C18H28N6O3/c1-5-7-9-23(14(25)10-13-11(3)21-22-12(13)4)15-16(19)24(8-6-2)18(27)20-17(15)26/h5-10,19H2,1-4H3,(H,21,22)(H,20,26,27). The average Bonchev–Trinajstić information content (AvgIpc) is 2.93. The zero-order valence-corrected chi connectivity index (χ0v) is 16.4. The molecule has 0 fully saturated rings. The molecule has 0 atom stereocenters. The Bertz CT molecular complexity index is 905. The van der Waals surface area contributed by atoms with Gasteiger partial charge in [0.05, 0.1) is 12.1 Å². The predicted octanol–water partition coefficient (Wildman–Crippen LogP) is 1.24. The zero-order valence-electron chi connectivity index (χ0n) is 16.4. The monoisotopic (exact) mass is 376 g/mol. The minimum absolute atomic E-state index is 0.0238. The molecule has 2 aromatic rings. The second-order valence-electron chi connectivity index (χ2n) is 6.63. The highest BCUT2D eigenvalue weighted by molar-refractivity contribution is 5.97. The first-order valence-electron chi connectivity index (χ1n) is 9.25. The van der Waals surface area contributed by atoms with Gasteiger partial charge >= 0.3 is 5.69 Å². The summed E-state index contributed by atoms with van der Waals surface area (Å²) in [5.41, 5.74) is 7.34. The highest BCUT2D eigenvalue weighted by Crippen LogP contribution is 2.20. The van der Waals surface area contributed by atoms with Crippen LogP contribution in [0.25, 0.3) is 0 Å². The van der Waals surface area contributed by atoms with Gasteiger partial charge in [-0.25, -0.2) is 4.79 Å². The van der Waals surface area contributed by atoms with Crippen LogP contribution in [0.4, 0.5) is 11.5 Å². The molecule has 0 aliphatic carbocycles. The first-order valence-corrected chi connectivity index (χ1v) is 9.25. The fourth-order valence-electron chi connectivity index (χ4n) is 3.04. The summed E-state index contributed by atoms with van der Waals surface area (Å²) < 4.78 is 1.30. The molecule has 1 amide bonds. The Morgan fingerprint density at radius 1 is 1.22 bits per heavy atom. The molecule has 9 heteroatoms. The van der Waals surface area contributed by atoms with Crippen molar-refractivity contribution in [3.05, 3.63) is 37.8 Å². The lowest BCUT2D eigenvalue weighted by Gasteiger charge is -2.24. The molecule has 0 saturated carbocycles. The maximum Gasteiger partial charge on any atom is 0.330 e. The maximum absolute atomic E-state index is 13.1. The topological polar surface area (TPSA) is 130 Å². The number of aromatic nitrogens is 4. The molecule has 0 unspecified atom stereocenters. The Hall–Kier alpha value is -2.84. The van der Waals surface area contributed by atoms with Crippen molar-refractivity contribution in [2.24, 2.45) is 0 Å². The van der Waals surface area contributed by atoms with E-state index in [4.69, 9.17) is 5.73 Å². The third kappa shape index (κ3) is 4.29. The smallest absolute Gasteiger partial charge is 0.330 e. The van der Waals surface area contributed by atoms with Crippen molar-refractivity contribution in [1.82, 2.24) is 19.7 Å². The van der Waals surface area contributed by atoms with Gasteiger partial charge in [0.1, 0.15) is 5.82 Å². The number of aryl methyl sites for hydroxylation is 2. The molecule has 148 valence electrons. The van der Waals surface area contributed by atoms with Gasteiger partial charge in [0, 0.05) is 24.3 Å². The van der Waals surface area contributed by atoms with Gasteiger partial charge in [-0.1, -0.05) is 20.3 Å². The molecule has 4 N–H and O–H groups in total. The molecule has 0 aliphatic rings. The van der Waals surface area contributed by atoms with Crippen LogP contribution in [0, 0.1) is 13.8 Å². The van der Waals surface area contributed by atoms with Gasteiger partial charge in [-0.2, -0.15) is 5.10 Å². The van der Waals surface area contributed by atoms with E-state index >= 15 is 0 Å². The van der Waals surface area contributed by atoms with E-state index in [2.05, 4.69) is 15.2 Å². The molecule has 0 spiro atoms. The number of carbonyl (C=O) groups is 1. The highest BCUT2D eigenvalue weighted by atomic mass is 16.2. The molecule has 2 aromatic heterocycles. The number of amides is 1. The van der Waals surface area contributed by atoms with E-state index in [9.17, 15) is 14.4 Å². The van der Waals surface area contributed by atoms with E-state index in [1.807, 2.05) is 27.7 Å². The van der Waals surface area contributed by atoms with Crippen molar-refractivity contribution in [3.8, 4) is 0 Å². The minimum atomic E-state index is -0.644. The van der Waals surface area contributed by atoms with E-state index < -0.39 is 11.2 Å². The Morgan fingerprint density at radius 2 is 1.93 bits per heavy atom. The largest absolute Gasteiger partial charge is 0.383 e. The predicted molar refractivity (Wildman–Crippen MR) is 105 cm³/mol. The van der Waals surface area contributed by atoms with Crippen molar-refractivity contribution in [1.29, 1.82) is 0 Å². The summed E-state index contributed by atoms with van der Waals surface area (Å²) in [6.45, 7) is 8.29. The average molecular weight is 376 g/mol. The SMILES string of the molecule is CCCCN(C(=O)Cc1c(C)n[nH]c1C)c1c(N)n(CCC)c(=O)[nH]c1=O. The van der Waals surface area contributed by atoms with Crippen LogP contribution in [-0.4, -0.2) is 32.2 Å². The van der Waals surface area contributed by atoms with Crippen LogP contribution in [0.5, 0.6) is 0 Å². The third-order valence-corrected chi connectivity index (χ3v) is 4.58. The van der Waals surface area contributed by atoms with Gasteiger partial charge in [0.15, 0.2) is 5.69 Å². The zero-order chi connectivity index (χ0) is 20.1. The Labute approximate surface area is 157 Å².